The van der Waals surface area contributed by atoms with Gasteiger partial charge in [0.15, 0.2) is 0 Å². The van der Waals surface area contributed by atoms with Gasteiger partial charge in [0.25, 0.3) is 0 Å². The molecular weight excluding hydrogens is 464 g/mol. The second kappa shape index (κ2) is 12.4. The Bertz CT molecular complexity index is 1260. The number of aryl methyl sites for hydroxylation is 1. The van der Waals surface area contributed by atoms with E-state index in [4.69, 9.17) is 5.73 Å². The first kappa shape index (κ1) is 27.6. The molecule has 1 aliphatic carbocycles. The SMILES string of the molecule is C=C(C1=C=C/C=C(/C)C/C=C\1)N(CCCN)C(C(C)C)C1Nc2c(ccc(C)c2C)N1Cc1ccccc1. The summed E-state index contributed by atoms with van der Waals surface area (Å²) in [7, 11) is 0. The highest BCUT2D eigenvalue weighted by molar-refractivity contribution is 5.80. The molecule has 0 saturated carbocycles. The molecule has 1 heterocycles. The predicted octanol–water partition coefficient (Wildman–Crippen LogP) is 7.24. The third-order valence-corrected chi connectivity index (χ3v) is 7.81. The first-order chi connectivity index (χ1) is 18.3. The Morgan fingerprint density at radius 3 is 2.63 bits per heavy atom. The fourth-order valence-electron chi connectivity index (χ4n) is 5.54. The van der Waals surface area contributed by atoms with E-state index in [-0.39, 0.29) is 12.2 Å². The van der Waals surface area contributed by atoms with E-state index in [0.717, 1.165) is 37.2 Å². The Morgan fingerprint density at radius 1 is 1.16 bits per heavy atom. The molecule has 200 valence electrons. The minimum Gasteiger partial charge on any atom is -0.364 e. The summed E-state index contributed by atoms with van der Waals surface area (Å²) in [5, 5.41) is 3.99. The predicted molar refractivity (Wildman–Crippen MR) is 163 cm³/mol. The van der Waals surface area contributed by atoms with E-state index in [1.165, 1.54) is 33.6 Å². The van der Waals surface area contributed by atoms with Gasteiger partial charge in [-0.15, -0.1) is 5.73 Å². The average molecular weight is 509 g/mol. The maximum Gasteiger partial charge on any atom is 0.121 e. The topological polar surface area (TPSA) is 44.5 Å². The minimum absolute atomic E-state index is 0.0736. The molecule has 0 amide bonds. The van der Waals surface area contributed by atoms with Gasteiger partial charge in [0.05, 0.1) is 17.4 Å². The van der Waals surface area contributed by atoms with Gasteiger partial charge in [-0.3, -0.25) is 0 Å². The molecule has 38 heavy (non-hydrogen) atoms. The Labute approximate surface area is 229 Å². The summed E-state index contributed by atoms with van der Waals surface area (Å²) in [6.07, 6.45) is 10.5. The highest BCUT2D eigenvalue weighted by Crippen LogP contribution is 2.42. The maximum atomic E-state index is 6.05. The van der Waals surface area contributed by atoms with Crippen LogP contribution in [-0.2, 0) is 6.54 Å². The standard InChI is InChI=1S/C34H44N4/c1-24(2)33(37(22-12-21-35)28(6)30-17-10-13-25(3)14-11-18-30)34-36-32-27(5)26(4)19-20-31(32)38(34)23-29-15-8-7-9-16-29/h7-11,13,15-16,18-20,24,33-34,36H,6,12,14,21-23,35H2,1-5H3/b18-11-,25-13-. The van der Waals surface area contributed by atoms with Crippen molar-refractivity contribution in [1.82, 2.24) is 4.90 Å². The second-order valence-corrected chi connectivity index (χ2v) is 11.0. The van der Waals surface area contributed by atoms with E-state index < -0.39 is 0 Å². The van der Waals surface area contributed by atoms with Crippen molar-refractivity contribution in [2.45, 2.75) is 66.2 Å². The first-order valence-electron chi connectivity index (χ1n) is 13.9. The fourth-order valence-corrected chi connectivity index (χ4v) is 5.54. The van der Waals surface area contributed by atoms with Crippen LogP contribution in [0.2, 0.25) is 0 Å². The van der Waals surface area contributed by atoms with Crippen molar-refractivity contribution in [3.63, 3.8) is 0 Å². The van der Waals surface area contributed by atoms with Crippen molar-refractivity contribution < 1.29 is 0 Å². The van der Waals surface area contributed by atoms with E-state index in [9.17, 15) is 0 Å². The molecule has 0 fully saturated rings. The van der Waals surface area contributed by atoms with Crippen LogP contribution in [0, 0.1) is 19.8 Å². The Balaban J connectivity index is 1.78. The maximum absolute atomic E-state index is 6.05. The summed E-state index contributed by atoms with van der Waals surface area (Å²) >= 11 is 0. The van der Waals surface area contributed by atoms with Crippen molar-refractivity contribution in [2.75, 3.05) is 23.3 Å². The molecule has 0 spiro atoms. The largest absolute Gasteiger partial charge is 0.364 e. The third kappa shape index (κ3) is 5.99. The quantitative estimate of drug-likeness (QED) is 0.332. The van der Waals surface area contributed by atoms with Gasteiger partial charge in [-0.25, -0.2) is 0 Å². The zero-order valence-corrected chi connectivity index (χ0v) is 23.8. The van der Waals surface area contributed by atoms with Crippen LogP contribution in [0.25, 0.3) is 0 Å². The number of hydrogen-bond acceptors (Lipinski definition) is 4. The Morgan fingerprint density at radius 2 is 1.92 bits per heavy atom. The van der Waals surface area contributed by atoms with Crippen molar-refractivity contribution in [3.05, 3.63) is 113 Å². The van der Waals surface area contributed by atoms with Gasteiger partial charge in [0.1, 0.15) is 6.17 Å². The molecule has 0 bridgehead atoms. The first-order valence-corrected chi connectivity index (χ1v) is 13.9. The molecule has 2 aliphatic rings. The van der Waals surface area contributed by atoms with E-state index in [0.29, 0.717) is 12.5 Å². The number of hydrogen-bond donors (Lipinski definition) is 2. The molecule has 2 aromatic rings. The van der Waals surface area contributed by atoms with Crippen LogP contribution in [-0.4, -0.2) is 30.2 Å². The van der Waals surface area contributed by atoms with Crippen LogP contribution in [0.3, 0.4) is 0 Å². The van der Waals surface area contributed by atoms with Gasteiger partial charge in [0, 0.05) is 24.4 Å². The van der Waals surface area contributed by atoms with E-state index >= 15 is 0 Å². The van der Waals surface area contributed by atoms with Crippen molar-refractivity contribution >= 4 is 11.4 Å². The molecule has 0 aromatic heterocycles. The van der Waals surface area contributed by atoms with Crippen LogP contribution in [0.15, 0.2) is 95.9 Å². The number of fused-ring (bicyclic) bond motifs is 1. The molecule has 0 radical (unpaired) electrons. The van der Waals surface area contributed by atoms with E-state index in [1.54, 1.807) is 0 Å². The van der Waals surface area contributed by atoms with E-state index in [1.807, 2.05) is 6.08 Å². The Hall–Kier alpha value is -3.46. The van der Waals surface area contributed by atoms with Gasteiger partial charge >= 0.3 is 0 Å². The van der Waals surface area contributed by atoms with Gasteiger partial charge in [-0.1, -0.05) is 74.5 Å². The van der Waals surface area contributed by atoms with Crippen LogP contribution in [0.5, 0.6) is 0 Å². The molecule has 3 N–H and O–H groups in total. The number of nitrogens with zero attached hydrogens (tertiary/aromatic N) is 2. The smallest absolute Gasteiger partial charge is 0.121 e. The lowest BCUT2D eigenvalue weighted by Crippen LogP contribution is -2.55. The lowest BCUT2D eigenvalue weighted by atomic mass is 9.95. The average Bonchev–Trinajstić information content (AvgIpc) is 3.24. The van der Waals surface area contributed by atoms with Gasteiger partial charge in [-0.2, -0.15) is 0 Å². The molecule has 4 rings (SSSR count). The highest BCUT2D eigenvalue weighted by Gasteiger charge is 2.40. The molecule has 2 aromatic carbocycles. The summed E-state index contributed by atoms with van der Waals surface area (Å²) in [6.45, 7) is 18.2. The molecule has 4 nitrogen and oxygen atoms in total. The van der Waals surface area contributed by atoms with Gasteiger partial charge in [0.2, 0.25) is 0 Å². The lowest BCUT2D eigenvalue weighted by Gasteiger charge is -2.44. The third-order valence-electron chi connectivity index (χ3n) is 7.81. The second-order valence-electron chi connectivity index (χ2n) is 11.0. The number of anilines is 2. The van der Waals surface area contributed by atoms with E-state index in [2.05, 4.69) is 123 Å². The lowest BCUT2D eigenvalue weighted by molar-refractivity contribution is 0.180. The molecule has 2 unspecified atom stereocenters. The van der Waals surface area contributed by atoms with Crippen LogP contribution in [0.1, 0.15) is 50.3 Å². The monoisotopic (exact) mass is 508 g/mol. The molecule has 2 atom stereocenters. The zero-order chi connectivity index (χ0) is 27.2. The highest BCUT2D eigenvalue weighted by atomic mass is 15.4. The minimum atomic E-state index is 0.0736. The van der Waals surface area contributed by atoms with Crippen LogP contribution >= 0.6 is 0 Å². The summed E-state index contributed by atoms with van der Waals surface area (Å²) in [6, 6.07) is 15.5. The number of allylic oxidation sites excluding steroid dienone is 4. The van der Waals surface area contributed by atoms with Crippen LogP contribution in [0.4, 0.5) is 11.4 Å². The van der Waals surface area contributed by atoms with Crippen molar-refractivity contribution in [1.29, 1.82) is 0 Å². The molecule has 4 heteroatoms. The summed E-state index contributed by atoms with van der Waals surface area (Å²) < 4.78 is 0. The van der Waals surface area contributed by atoms with Gasteiger partial charge < -0.3 is 20.9 Å². The van der Waals surface area contributed by atoms with Crippen LogP contribution < -0.4 is 16.0 Å². The van der Waals surface area contributed by atoms with Crippen molar-refractivity contribution in [2.24, 2.45) is 11.7 Å². The number of benzene rings is 2. The van der Waals surface area contributed by atoms with Gasteiger partial charge in [-0.05, 0) is 81.0 Å². The normalized spacial score (nSPS) is 19.6. The summed E-state index contributed by atoms with van der Waals surface area (Å²) in [5.41, 5.74) is 19.3. The molecule has 0 saturated heterocycles. The number of rotatable bonds is 10. The summed E-state index contributed by atoms with van der Waals surface area (Å²) in [5.74, 6) is 0.361. The number of nitrogens with two attached hydrogens (primary N) is 1. The molecule has 1 aliphatic heterocycles. The Kier molecular flexibility index (Phi) is 8.99. The number of nitrogens with one attached hydrogen (secondary N) is 1. The fraction of sp³-hybridized carbons (Fsp3) is 0.382. The van der Waals surface area contributed by atoms with Crippen molar-refractivity contribution in [3.8, 4) is 0 Å². The summed E-state index contributed by atoms with van der Waals surface area (Å²) in [4.78, 5) is 5.04. The zero-order valence-electron chi connectivity index (χ0n) is 23.8. The molecular formula is C34H44N4.